The number of aryl methyl sites for hydroxylation is 1. The molecule has 0 aliphatic rings. The van der Waals surface area contributed by atoms with Crippen molar-refractivity contribution in [2.45, 2.75) is 20.1 Å². The first-order valence-corrected chi connectivity index (χ1v) is 8.52. The molecule has 0 atom stereocenters. The molecule has 140 valence electrons. The van der Waals surface area contributed by atoms with Crippen LogP contribution in [0.2, 0.25) is 5.02 Å². The summed E-state index contributed by atoms with van der Waals surface area (Å²) in [5.74, 6) is 0.585. The van der Waals surface area contributed by atoms with Gasteiger partial charge in [0.15, 0.2) is 5.75 Å². The van der Waals surface area contributed by atoms with E-state index in [0.717, 1.165) is 16.8 Å². The molecule has 5 nitrogen and oxygen atoms in total. The third-order valence-electron chi connectivity index (χ3n) is 3.96. The molecule has 1 N–H and O–H groups in total. The second-order valence-electron chi connectivity index (χ2n) is 5.98. The maximum Gasteiger partial charge on any atom is 0.511 e. The van der Waals surface area contributed by atoms with Gasteiger partial charge >= 0.3 is 6.16 Å². The molecule has 0 bridgehead atoms. The highest BCUT2D eigenvalue weighted by Gasteiger charge is 2.11. The van der Waals surface area contributed by atoms with Gasteiger partial charge in [0, 0.05) is 28.5 Å². The van der Waals surface area contributed by atoms with Crippen molar-refractivity contribution in [2.75, 3.05) is 0 Å². The van der Waals surface area contributed by atoms with Gasteiger partial charge in [0.25, 0.3) is 0 Å². The zero-order chi connectivity index (χ0) is 19.4. The van der Waals surface area contributed by atoms with Crippen molar-refractivity contribution >= 4 is 17.8 Å². The summed E-state index contributed by atoms with van der Waals surface area (Å²) in [4.78, 5) is 10.7. The summed E-state index contributed by atoms with van der Waals surface area (Å²) in [6.07, 6.45) is 0.243. The number of benzene rings is 2. The molecule has 0 saturated heterocycles. The van der Waals surface area contributed by atoms with Gasteiger partial charge in [-0.3, -0.25) is 0 Å². The smallest absolute Gasteiger partial charge is 0.489 e. The number of rotatable bonds is 6. The Morgan fingerprint density at radius 2 is 1.93 bits per heavy atom. The predicted octanol–water partition coefficient (Wildman–Crippen LogP) is 5.27. The predicted molar refractivity (Wildman–Crippen MR) is 99.1 cm³/mol. The molecule has 3 rings (SSSR count). The van der Waals surface area contributed by atoms with E-state index in [2.05, 4.69) is 0 Å². The summed E-state index contributed by atoms with van der Waals surface area (Å²) in [6.45, 7) is 2.55. The van der Waals surface area contributed by atoms with Crippen LogP contribution in [-0.2, 0) is 13.2 Å². The summed E-state index contributed by atoms with van der Waals surface area (Å²) in [5, 5.41) is 9.30. The summed E-state index contributed by atoms with van der Waals surface area (Å²) < 4.78 is 25.4. The largest absolute Gasteiger partial charge is 0.511 e. The monoisotopic (exact) mass is 389 g/mol. The Balaban J connectivity index is 1.78. The van der Waals surface area contributed by atoms with Gasteiger partial charge in [0.05, 0.1) is 6.54 Å². The van der Waals surface area contributed by atoms with Gasteiger partial charge < -0.3 is 19.1 Å². The fourth-order valence-electron chi connectivity index (χ4n) is 2.65. The molecule has 0 aliphatic heterocycles. The molecule has 0 spiro atoms. The van der Waals surface area contributed by atoms with Crippen LogP contribution >= 0.6 is 11.6 Å². The van der Waals surface area contributed by atoms with E-state index in [4.69, 9.17) is 26.2 Å². The molecule has 27 heavy (non-hydrogen) atoms. The standard InChI is InChI=1S/C20H17ClFNO4/c1-13-8-18(27-20(24)25)11-23(13)10-15-9-16(21)4-7-19(15)26-12-14-2-5-17(22)6-3-14/h2-9,11H,10,12H2,1H3,(H,24,25). The van der Waals surface area contributed by atoms with Crippen molar-refractivity contribution in [3.63, 3.8) is 0 Å². The number of aromatic nitrogens is 1. The van der Waals surface area contributed by atoms with Gasteiger partial charge in [-0.15, -0.1) is 0 Å². The normalized spacial score (nSPS) is 10.6. The Bertz CT molecular complexity index is 953. The lowest BCUT2D eigenvalue weighted by Crippen LogP contribution is -2.05. The van der Waals surface area contributed by atoms with E-state index in [-0.39, 0.29) is 18.2 Å². The molecule has 1 heterocycles. The van der Waals surface area contributed by atoms with Crippen molar-refractivity contribution in [1.29, 1.82) is 0 Å². The van der Waals surface area contributed by atoms with Crippen LogP contribution in [0.25, 0.3) is 0 Å². The fourth-order valence-corrected chi connectivity index (χ4v) is 2.84. The molecule has 0 fully saturated rings. The van der Waals surface area contributed by atoms with Crippen LogP contribution in [0.15, 0.2) is 54.7 Å². The molecule has 1 aromatic heterocycles. The Hall–Kier alpha value is -2.99. The Morgan fingerprint density at radius 1 is 1.19 bits per heavy atom. The first-order chi connectivity index (χ1) is 12.9. The maximum atomic E-state index is 13.0. The quantitative estimate of drug-likeness (QED) is 0.583. The summed E-state index contributed by atoms with van der Waals surface area (Å²) >= 11 is 6.12. The summed E-state index contributed by atoms with van der Waals surface area (Å²) in [7, 11) is 0. The number of ether oxygens (including phenoxy) is 2. The highest BCUT2D eigenvalue weighted by molar-refractivity contribution is 6.30. The van der Waals surface area contributed by atoms with Crippen LogP contribution < -0.4 is 9.47 Å². The molecule has 0 radical (unpaired) electrons. The minimum atomic E-state index is -1.36. The van der Waals surface area contributed by atoms with Crippen LogP contribution in [0, 0.1) is 12.7 Å². The number of hydrogen-bond acceptors (Lipinski definition) is 3. The van der Waals surface area contributed by atoms with E-state index in [9.17, 15) is 9.18 Å². The minimum absolute atomic E-state index is 0.246. The molecule has 0 amide bonds. The number of carbonyl (C=O) groups is 1. The van der Waals surface area contributed by atoms with E-state index < -0.39 is 6.16 Å². The molecule has 3 aromatic rings. The molecular weight excluding hydrogens is 373 g/mol. The minimum Gasteiger partial charge on any atom is -0.489 e. The molecule has 7 heteroatoms. The number of halogens is 2. The zero-order valence-electron chi connectivity index (χ0n) is 14.5. The SMILES string of the molecule is Cc1cc(OC(=O)O)cn1Cc1cc(Cl)ccc1OCc1ccc(F)cc1. The highest BCUT2D eigenvalue weighted by atomic mass is 35.5. The van der Waals surface area contributed by atoms with Gasteiger partial charge in [0.2, 0.25) is 0 Å². The third kappa shape index (κ3) is 5.01. The number of hydrogen-bond donors (Lipinski definition) is 1. The number of nitrogens with zero attached hydrogens (tertiary/aromatic N) is 1. The lowest BCUT2D eigenvalue weighted by Gasteiger charge is -2.14. The van der Waals surface area contributed by atoms with E-state index in [1.165, 1.54) is 12.1 Å². The first kappa shape index (κ1) is 18.8. The Kier molecular flexibility index (Phi) is 5.66. The van der Waals surface area contributed by atoms with Crippen LogP contribution in [-0.4, -0.2) is 15.8 Å². The van der Waals surface area contributed by atoms with Gasteiger partial charge in [-0.05, 0) is 42.8 Å². The zero-order valence-corrected chi connectivity index (χ0v) is 15.2. The van der Waals surface area contributed by atoms with E-state index >= 15 is 0 Å². The van der Waals surface area contributed by atoms with Crippen LogP contribution in [0.1, 0.15) is 16.8 Å². The molecule has 0 unspecified atom stereocenters. The van der Waals surface area contributed by atoms with Crippen molar-refractivity contribution in [3.05, 3.63) is 82.4 Å². The maximum absolute atomic E-state index is 13.0. The number of carboxylic acid groups (broad SMARTS) is 1. The van der Waals surface area contributed by atoms with Gasteiger partial charge in [-0.1, -0.05) is 23.7 Å². The average Bonchev–Trinajstić information content (AvgIpc) is 2.94. The van der Waals surface area contributed by atoms with Crippen molar-refractivity contribution in [1.82, 2.24) is 4.57 Å². The molecule has 2 aromatic carbocycles. The Morgan fingerprint density at radius 3 is 2.63 bits per heavy atom. The fraction of sp³-hybridized carbons (Fsp3) is 0.150. The average molecular weight is 390 g/mol. The van der Waals surface area contributed by atoms with Crippen molar-refractivity contribution in [3.8, 4) is 11.5 Å². The van der Waals surface area contributed by atoms with E-state index in [1.54, 1.807) is 42.6 Å². The third-order valence-corrected chi connectivity index (χ3v) is 4.20. The van der Waals surface area contributed by atoms with Crippen molar-refractivity contribution < 1.29 is 23.8 Å². The highest BCUT2D eigenvalue weighted by Crippen LogP contribution is 2.27. The second kappa shape index (κ2) is 8.14. The second-order valence-corrected chi connectivity index (χ2v) is 6.42. The lowest BCUT2D eigenvalue weighted by atomic mass is 10.2. The topological polar surface area (TPSA) is 60.7 Å². The van der Waals surface area contributed by atoms with Crippen LogP contribution in [0.3, 0.4) is 0 Å². The van der Waals surface area contributed by atoms with Gasteiger partial charge in [0.1, 0.15) is 18.2 Å². The van der Waals surface area contributed by atoms with Gasteiger partial charge in [-0.25, -0.2) is 9.18 Å². The lowest BCUT2D eigenvalue weighted by molar-refractivity contribution is 0.144. The Labute approximate surface area is 160 Å². The van der Waals surface area contributed by atoms with Crippen molar-refractivity contribution in [2.24, 2.45) is 0 Å². The van der Waals surface area contributed by atoms with Crippen LogP contribution in [0.4, 0.5) is 9.18 Å². The summed E-state index contributed by atoms with van der Waals surface area (Å²) in [5.41, 5.74) is 2.49. The molecule has 0 aliphatic carbocycles. The molecular formula is C20H17ClFNO4. The summed E-state index contributed by atoms with van der Waals surface area (Å²) in [6, 6.07) is 13.0. The van der Waals surface area contributed by atoms with E-state index in [0.29, 0.717) is 17.3 Å². The van der Waals surface area contributed by atoms with Gasteiger partial charge in [-0.2, -0.15) is 0 Å². The van der Waals surface area contributed by atoms with E-state index in [1.807, 2.05) is 11.5 Å². The first-order valence-electron chi connectivity index (χ1n) is 8.14. The molecule has 0 saturated carbocycles. The van der Waals surface area contributed by atoms with Crippen LogP contribution in [0.5, 0.6) is 11.5 Å².